The first-order valence-electron chi connectivity index (χ1n) is 11.4. The molecule has 0 saturated heterocycles. The summed E-state index contributed by atoms with van der Waals surface area (Å²) in [7, 11) is 1.47. The monoisotopic (exact) mass is 510 g/mol. The van der Waals surface area contributed by atoms with Crippen molar-refractivity contribution in [3.8, 4) is 5.75 Å². The minimum Gasteiger partial charge on any atom is -0.503 e. The lowest BCUT2D eigenvalue weighted by Crippen LogP contribution is -2.31. The van der Waals surface area contributed by atoms with Crippen molar-refractivity contribution in [1.82, 2.24) is 4.98 Å². The second-order valence-corrected chi connectivity index (χ2v) is 9.03. The first kappa shape index (κ1) is 22.8. The Labute approximate surface area is 216 Å². The molecule has 0 spiro atoms. The van der Waals surface area contributed by atoms with Crippen molar-refractivity contribution < 1.29 is 23.8 Å². The molecule has 1 aliphatic rings. The fourth-order valence-corrected chi connectivity index (χ4v) is 5.06. The largest absolute Gasteiger partial charge is 0.503 e. The van der Waals surface area contributed by atoms with E-state index in [0.717, 1.165) is 10.8 Å². The number of amides is 1. The molecule has 8 heteroatoms. The van der Waals surface area contributed by atoms with E-state index in [9.17, 15) is 14.7 Å². The average molecular weight is 511 g/mol. The lowest BCUT2D eigenvalue weighted by molar-refractivity contribution is -0.117. The van der Waals surface area contributed by atoms with E-state index in [1.54, 1.807) is 42.7 Å². The Balaban J connectivity index is 1.54. The minimum atomic E-state index is -0.932. The number of aromatic nitrogens is 1. The second kappa shape index (κ2) is 8.80. The number of pyridine rings is 1. The van der Waals surface area contributed by atoms with Gasteiger partial charge in [-0.05, 0) is 35.2 Å². The number of ketones is 1. The number of hydrogen-bond donors (Lipinski definition) is 1. The summed E-state index contributed by atoms with van der Waals surface area (Å²) in [4.78, 5) is 33.1. The van der Waals surface area contributed by atoms with Gasteiger partial charge in [-0.25, -0.2) is 0 Å². The summed E-state index contributed by atoms with van der Waals surface area (Å²) >= 11 is 6.18. The van der Waals surface area contributed by atoms with Gasteiger partial charge in [0.1, 0.15) is 0 Å². The Morgan fingerprint density at radius 1 is 1.05 bits per heavy atom. The number of methoxy groups -OCH3 is 1. The van der Waals surface area contributed by atoms with Crippen LogP contribution in [0.3, 0.4) is 0 Å². The summed E-state index contributed by atoms with van der Waals surface area (Å²) in [6, 6.07) is 20.5. The standard InChI is InChI=1S/C29H19ClN2O5/c1-36-23-14-19(30)12-18-13-22(37-28(18)23)26(33)24-25(17-8-5-11-31-15-17)32(29(35)27(24)34)21-10-4-7-16-6-2-3-9-20(16)21/h2-15,25,34H,1H3. The number of anilines is 1. The number of ether oxygens (including phenoxy) is 1. The quantitative estimate of drug-likeness (QED) is 0.274. The predicted molar refractivity (Wildman–Crippen MR) is 140 cm³/mol. The van der Waals surface area contributed by atoms with Gasteiger partial charge in [0.2, 0.25) is 5.78 Å². The van der Waals surface area contributed by atoms with E-state index in [4.69, 9.17) is 20.8 Å². The van der Waals surface area contributed by atoms with E-state index in [-0.39, 0.29) is 11.3 Å². The zero-order valence-electron chi connectivity index (χ0n) is 19.5. The first-order chi connectivity index (χ1) is 18.0. The fourth-order valence-electron chi connectivity index (χ4n) is 4.84. The Kier molecular flexibility index (Phi) is 5.43. The van der Waals surface area contributed by atoms with Crippen molar-refractivity contribution in [1.29, 1.82) is 0 Å². The van der Waals surface area contributed by atoms with Crippen molar-refractivity contribution in [3.63, 3.8) is 0 Å². The van der Waals surface area contributed by atoms with Crippen LogP contribution in [0.4, 0.5) is 5.69 Å². The molecule has 3 aromatic carbocycles. The Morgan fingerprint density at radius 3 is 2.65 bits per heavy atom. The molecular formula is C29H19ClN2O5. The van der Waals surface area contributed by atoms with Crippen molar-refractivity contribution >= 4 is 50.7 Å². The van der Waals surface area contributed by atoms with E-state index in [0.29, 0.717) is 33.0 Å². The Bertz CT molecular complexity index is 1740. The zero-order valence-corrected chi connectivity index (χ0v) is 20.3. The third kappa shape index (κ3) is 3.63. The number of carbonyl (C=O) groups excluding carboxylic acids is 2. The van der Waals surface area contributed by atoms with Crippen LogP contribution in [-0.2, 0) is 4.79 Å². The lowest BCUT2D eigenvalue weighted by Gasteiger charge is -2.27. The first-order valence-corrected chi connectivity index (χ1v) is 11.8. The highest BCUT2D eigenvalue weighted by molar-refractivity contribution is 6.31. The topological polar surface area (TPSA) is 92.9 Å². The molecule has 0 radical (unpaired) electrons. The molecule has 1 N–H and O–H groups in total. The number of aliphatic hydroxyl groups is 1. The molecule has 6 rings (SSSR count). The van der Waals surface area contributed by atoms with Crippen molar-refractivity contribution in [3.05, 3.63) is 113 Å². The normalized spacial score (nSPS) is 15.7. The number of hydrogen-bond acceptors (Lipinski definition) is 6. The van der Waals surface area contributed by atoms with Crippen LogP contribution in [0, 0.1) is 0 Å². The van der Waals surface area contributed by atoms with Gasteiger partial charge in [0.05, 0.1) is 24.4 Å². The molecule has 0 aliphatic carbocycles. The summed E-state index contributed by atoms with van der Waals surface area (Å²) in [5.74, 6) is -1.65. The third-order valence-corrected chi connectivity index (χ3v) is 6.69. The SMILES string of the molecule is COc1cc(Cl)cc2cc(C(=O)C3=C(O)C(=O)N(c4cccc5ccccc45)C3c3cccnc3)oc12. The van der Waals surface area contributed by atoms with Crippen molar-refractivity contribution in [2.75, 3.05) is 12.0 Å². The van der Waals surface area contributed by atoms with Crippen LogP contribution >= 0.6 is 11.6 Å². The number of nitrogens with zero attached hydrogens (tertiary/aromatic N) is 2. The molecule has 5 aromatic rings. The van der Waals surface area contributed by atoms with Gasteiger partial charge in [0.15, 0.2) is 22.9 Å². The van der Waals surface area contributed by atoms with Crippen LogP contribution in [0.1, 0.15) is 22.2 Å². The van der Waals surface area contributed by atoms with Crippen LogP contribution < -0.4 is 9.64 Å². The van der Waals surface area contributed by atoms with Crippen molar-refractivity contribution in [2.24, 2.45) is 0 Å². The maximum atomic E-state index is 13.9. The summed E-state index contributed by atoms with van der Waals surface area (Å²) in [5.41, 5.74) is 1.36. The fraction of sp³-hybridized carbons (Fsp3) is 0.0690. The number of carbonyl (C=O) groups is 2. The zero-order chi connectivity index (χ0) is 25.7. The number of benzene rings is 3. The number of furan rings is 1. The van der Waals surface area contributed by atoms with Gasteiger partial charge in [-0.15, -0.1) is 0 Å². The van der Waals surface area contributed by atoms with E-state index in [1.807, 2.05) is 36.4 Å². The molecule has 182 valence electrons. The molecule has 0 fully saturated rings. The smallest absolute Gasteiger partial charge is 0.294 e. The molecule has 7 nitrogen and oxygen atoms in total. The second-order valence-electron chi connectivity index (χ2n) is 8.59. The van der Waals surface area contributed by atoms with Gasteiger partial charge in [0, 0.05) is 34.3 Å². The minimum absolute atomic E-state index is 0.0569. The highest BCUT2D eigenvalue weighted by Gasteiger charge is 2.46. The molecule has 1 unspecified atom stereocenters. The number of aliphatic hydroxyl groups excluding tert-OH is 1. The molecule has 2 aromatic heterocycles. The van der Waals surface area contributed by atoms with Crippen LogP contribution in [0.5, 0.6) is 5.75 Å². The van der Waals surface area contributed by atoms with Gasteiger partial charge in [-0.3, -0.25) is 19.5 Å². The Morgan fingerprint density at radius 2 is 1.86 bits per heavy atom. The molecule has 1 aliphatic heterocycles. The Hall–Kier alpha value is -4.62. The maximum Gasteiger partial charge on any atom is 0.294 e. The number of halogens is 1. The molecule has 37 heavy (non-hydrogen) atoms. The summed E-state index contributed by atoms with van der Waals surface area (Å²) in [5, 5.41) is 13.8. The van der Waals surface area contributed by atoms with Gasteiger partial charge in [-0.2, -0.15) is 0 Å². The number of fused-ring (bicyclic) bond motifs is 2. The van der Waals surface area contributed by atoms with Crippen LogP contribution in [0.25, 0.3) is 21.7 Å². The van der Waals surface area contributed by atoms with Crippen LogP contribution in [0.2, 0.25) is 5.02 Å². The lowest BCUT2D eigenvalue weighted by atomic mass is 9.95. The predicted octanol–water partition coefficient (Wildman–Crippen LogP) is 6.43. The van der Waals surface area contributed by atoms with E-state index in [1.165, 1.54) is 18.1 Å². The average Bonchev–Trinajstić information content (AvgIpc) is 3.46. The molecular weight excluding hydrogens is 492 g/mol. The molecule has 1 atom stereocenters. The molecule has 0 bridgehead atoms. The molecule has 3 heterocycles. The molecule has 1 amide bonds. The van der Waals surface area contributed by atoms with Gasteiger partial charge in [-0.1, -0.05) is 54.1 Å². The summed E-state index contributed by atoms with van der Waals surface area (Å²) < 4.78 is 11.2. The maximum absolute atomic E-state index is 13.9. The van der Waals surface area contributed by atoms with Crippen molar-refractivity contribution in [2.45, 2.75) is 6.04 Å². The van der Waals surface area contributed by atoms with Crippen LogP contribution in [0.15, 0.2) is 101 Å². The van der Waals surface area contributed by atoms with E-state index >= 15 is 0 Å². The number of Topliss-reactive ketones (excluding diaryl/α,β-unsaturated/α-hetero) is 1. The van der Waals surface area contributed by atoms with Gasteiger partial charge < -0.3 is 14.3 Å². The highest BCUT2D eigenvalue weighted by Crippen LogP contribution is 2.44. The van der Waals surface area contributed by atoms with Gasteiger partial charge >= 0.3 is 0 Å². The van der Waals surface area contributed by atoms with E-state index < -0.39 is 23.5 Å². The molecule has 0 saturated carbocycles. The summed E-state index contributed by atoms with van der Waals surface area (Å²) in [6.07, 6.45) is 3.17. The third-order valence-electron chi connectivity index (χ3n) is 6.47. The van der Waals surface area contributed by atoms with E-state index in [2.05, 4.69) is 4.98 Å². The number of rotatable bonds is 5. The summed E-state index contributed by atoms with van der Waals surface area (Å²) in [6.45, 7) is 0. The van der Waals surface area contributed by atoms with Crippen LogP contribution in [-0.4, -0.2) is 28.9 Å². The van der Waals surface area contributed by atoms with Gasteiger partial charge in [0.25, 0.3) is 5.91 Å². The highest BCUT2D eigenvalue weighted by atomic mass is 35.5.